The van der Waals surface area contributed by atoms with Crippen molar-refractivity contribution < 1.29 is 22.7 Å². The molecule has 2 heterocycles. The Morgan fingerprint density at radius 3 is 2.33 bits per heavy atom. The van der Waals surface area contributed by atoms with Gasteiger partial charge in [-0.05, 0) is 28.8 Å². The van der Waals surface area contributed by atoms with Crippen molar-refractivity contribution in [2.75, 3.05) is 57.4 Å². The molecular weight excluding hydrogens is 383 g/mol. The van der Waals surface area contributed by atoms with Crippen LogP contribution in [-0.4, -0.2) is 73.8 Å². The van der Waals surface area contributed by atoms with Crippen molar-refractivity contribution in [2.24, 2.45) is 0 Å². The van der Waals surface area contributed by atoms with Gasteiger partial charge in [-0.25, -0.2) is 0 Å². The number of amides is 1. The lowest BCUT2D eigenvalue weighted by Crippen LogP contribution is -2.47. The number of ether oxygens (including phenoxy) is 1. The van der Waals surface area contributed by atoms with Crippen molar-refractivity contribution in [3.8, 4) is 0 Å². The van der Waals surface area contributed by atoms with Crippen LogP contribution in [0.2, 0.25) is 0 Å². The third-order valence-corrected chi connectivity index (χ3v) is 5.16. The third-order valence-electron chi connectivity index (χ3n) is 4.92. The fourth-order valence-corrected chi connectivity index (χ4v) is 3.67. The highest BCUT2D eigenvalue weighted by Crippen LogP contribution is 2.29. The molecule has 1 aromatic rings. The second-order valence-corrected chi connectivity index (χ2v) is 7.19. The van der Waals surface area contributed by atoms with Crippen LogP contribution in [0.5, 0.6) is 0 Å². The molecular formula is C18H23ClF3N3O2. The molecule has 0 unspecified atom stereocenters. The van der Waals surface area contributed by atoms with Crippen molar-refractivity contribution in [3.05, 3.63) is 29.3 Å². The maximum Gasteiger partial charge on any atom is 0.393 e. The largest absolute Gasteiger partial charge is 0.393 e. The van der Waals surface area contributed by atoms with Gasteiger partial charge in [0, 0.05) is 51.5 Å². The molecule has 0 saturated carbocycles. The van der Waals surface area contributed by atoms with E-state index in [1.807, 2.05) is 0 Å². The number of nitrogens with zero attached hydrogens (tertiary/aromatic N) is 3. The maximum atomic E-state index is 12.8. The molecule has 2 fully saturated rings. The Morgan fingerprint density at radius 2 is 1.74 bits per heavy atom. The van der Waals surface area contributed by atoms with E-state index in [1.54, 1.807) is 23.1 Å². The Labute approximate surface area is 161 Å². The number of benzene rings is 1. The summed E-state index contributed by atoms with van der Waals surface area (Å²) in [6, 6.07) is 5.02. The van der Waals surface area contributed by atoms with Crippen LogP contribution in [0.1, 0.15) is 11.1 Å². The Balaban J connectivity index is 1.75. The number of piperazine rings is 1. The fraction of sp³-hybridized carbons (Fsp3) is 0.611. The molecule has 150 valence electrons. The first-order chi connectivity index (χ1) is 12.8. The van der Waals surface area contributed by atoms with Gasteiger partial charge in [-0.15, -0.1) is 0 Å². The molecule has 2 aliphatic heterocycles. The summed E-state index contributed by atoms with van der Waals surface area (Å²) < 4.78 is 43.8. The number of carbonyl (C=O) groups excluding carboxylic acids is 1. The predicted octanol–water partition coefficient (Wildman–Crippen LogP) is 3.10. The van der Waals surface area contributed by atoms with Crippen LogP contribution < -0.4 is 4.90 Å². The zero-order valence-electron chi connectivity index (χ0n) is 15.0. The molecule has 27 heavy (non-hydrogen) atoms. The molecule has 0 atom stereocenters. The van der Waals surface area contributed by atoms with Gasteiger partial charge in [0.1, 0.15) is 0 Å². The molecule has 0 N–H and O–H groups in total. The summed E-state index contributed by atoms with van der Waals surface area (Å²) in [5.41, 5.74) is 2.11. The van der Waals surface area contributed by atoms with Crippen molar-refractivity contribution in [1.29, 1.82) is 0 Å². The highest BCUT2D eigenvalue weighted by molar-refractivity contribution is 6.62. The van der Waals surface area contributed by atoms with Gasteiger partial charge < -0.3 is 14.5 Å². The van der Waals surface area contributed by atoms with Crippen LogP contribution >= 0.6 is 11.6 Å². The van der Waals surface area contributed by atoms with Crippen LogP contribution in [0.3, 0.4) is 0 Å². The zero-order valence-corrected chi connectivity index (χ0v) is 15.7. The molecule has 0 spiro atoms. The number of alkyl halides is 3. The fourth-order valence-electron chi connectivity index (χ4n) is 3.51. The van der Waals surface area contributed by atoms with Gasteiger partial charge in [0.2, 0.25) is 0 Å². The number of halogens is 4. The number of rotatable bonds is 4. The first kappa shape index (κ1) is 20.2. The second-order valence-electron chi connectivity index (χ2n) is 6.87. The van der Waals surface area contributed by atoms with Gasteiger partial charge in [0.25, 0.3) is 0 Å². The molecule has 1 aromatic carbocycles. The topological polar surface area (TPSA) is 36.0 Å². The minimum atomic E-state index is -4.23. The first-order valence-corrected chi connectivity index (χ1v) is 9.37. The Bertz CT molecular complexity index is 658. The first-order valence-electron chi connectivity index (χ1n) is 9.00. The van der Waals surface area contributed by atoms with E-state index >= 15 is 0 Å². The van der Waals surface area contributed by atoms with Crippen LogP contribution in [0, 0.1) is 0 Å². The summed E-state index contributed by atoms with van der Waals surface area (Å²) in [5, 5.41) is -0.444. The Morgan fingerprint density at radius 1 is 1.07 bits per heavy atom. The van der Waals surface area contributed by atoms with Crippen molar-refractivity contribution >= 4 is 22.7 Å². The normalized spacial score (nSPS) is 19.4. The number of morpholine rings is 1. The van der Waals surface area contributed by atoms with Gasteiger partial charge in [-0.2, -0.15) is 13.2 Å². The summed E-state index contributed by atoms with van der Waals surface area (Å²) >= 11 is 5.52. The van der Waals surface area contributed by atoms with E-state index in [1.165, 1.54) is 0 Å². The monoisotopic (exact) mass is 405 g/mol. The van der Waals surface area contributed by atoms with E-state index in [0.29, 0.717) is 59.0 Å². The van der Waals surface area contributed by atoms with Gasteiger partial charge in [-0.3, -0.25) is 9.69 Å². The summed E-state index contributed by atoms with van der Waals surface area (Å²) in [4.78, 5) is 17.1. The second kappa shape index (κ2) is 8.67. The van der Waals surface area contributed by atoms with Gasteiger partial charge in [0.15, 0.2) is 0 Å². The maximum absolute atomic E-state index is 12.8. The van der Waals surface area contributed by atoms with Crippen LogP contribution in [0.4, 0.5) is 23.7 Å². The summed E-state index contributed by atoms with van der Waals surface area (Å²) in [6.07, 6.45) is -5.16. The minimum Gasteiger partial charge on any atom is -0.378 e. The van der Waals surface area contributed by atoms with E-state index in [2.05, 4.69) is 9.80 Å². The Hall–Kier alpha value is -1.51. The van der Waals surface area contributed by atoms with Crippen LogP contribution in [0.15, 0.2) is 18.2 Å². The molecule has 0 bridgehead atoms. The molecule has 0 radical (unpaired) electrons. The zero-order chi connectivity index (χ0) is 19.4. The van der Waals surface area contributed by atoms with Gasteiger partial charge >= 0.3 is 11.5 Å². The quantitative estimate of drug-likeness (QED) is 0.569. The molecule has 0 aromatic heterocycles. The highest BCUT2D eigenvalue weighted by Gasteiger charge is 2.29. The molecule has 1 amide bonds. The lowest BCUT2D eigenvalue weighted by molar-refractivity contribution is -0.127. The van der Waals surface area contributed by atoms with Crippen LogP contribution in [0.25, 0.3) is 0 Å². The van der Waals surface area contributed by atoms with E-state index < -0.39 is 18.0 Å². The van der Waals surface area contributed by atoms with E-state index in [-0.39, 0.29) is 5.56 Å². The van der Waals surface area contributed by atoms with Crippen molar-refractivity contribution in [3.63, 3.8) is 0 Å². The highest BCUT2D eigenvalue weighted by atomic mass is 35.5. The van der Waals surface area contributed by atoms with E-state index in [0.717, 1.165) is 11.3 Å². The lowest BCUT2D eigenvalue weighted by atomic mass is 10.0. The predicted molar refractivity (Wildman–Crippen MR) is 97.3 cm³/mol. The Kier molecular flexibility index (Phi) is 6.49. The number of hydrogen-bond donors (Lipinski definition) is 0. The minimum absolute atomic E-state index is 0.269. The van der Waals surface area contributed by atoms with Crippen molar-refractivity contribution in [1.82, 2.24) is 9.80 Å². The van der Waals surface area contributed by atoms with Crippen LogP contribution in [-0.2, 0) is 17.7 Å². The summed E-state index contributed by atoms with van der Waals surface area (Å²) in [7, 11) is 0. The average Bonchev–Trinajstić information content (AvgIpc) is 2.63. The standard InChI is InChI=1S/C18H23ClF3N3O2/c19-17(26)25-5-3-23(4-6-25)13-15-2-1-14(12-18(20,21)22)11-16(15)24-7-9-27-10-8-24/h1-2,11H,3-10,12-13H2. The van der Waals surface area contributed by atoms with E-state index in [4.69, 9.17) is 16.3 Å². The van der Waals surface area contributed by atoms with Crippen molar-refractivity contribution in [2.45, 2.75) is 19.1 Å². The summed E-state index contributed by atoms with van der Waals surface area (Å²) in [6.45, 7) is 5.58. The molecule has 9 heteroatoms. The molecule has 2 saturated heterocycles. The molecule has 0 aliphatic carbocycles. The molecule has 2 aliphatic rings. The number of hydrogen-bond acceptors (Lipinski definition) is 4. The summed E-state index contributed by atoms with van der Waals surface area (Å²) in [5.74, 6) is 0. The molecule has 3 rings (SSSR count). The average molecular weight is 406 g/mol. The number of carbonyl (C=O) groups is 1. The van der Waals surface area contributed by atoms with Gasteiger partial charge in [0.05, 0.1) is 19.6 Å². The van der Waals surface area contributed by atoms with Gasteiger partial charge in [-0.1, -0.05) is 12.1 Å². The molecule has 5 nitrogen and oxygen atoms in total. The smallest absolute Gasteiger partial charge is 0.378 e. The third kappa shape index (κ3) is 5.73. The van der Waals surface area contributed by atoms with E-state index in [9.17, 15) is 18.0 Å². The lowest BCUT2D eigenvalue weighted by Gasteiger charge is -2.35. The SMILES string of the molecule is O=C(Cl)N1CCN(Cc2ccc(CC(F)(F)F)cc2N2CCOCC2)CC1. The number of anilines is 1.